The fourth-order valence-electron chi connectivity index (χ4n) is 2.02. The van der Waals surface area contributed by atoms with E-state index in [0.717, 1.165) is 23.1 Å². The molecule has 0 spiro atoms. The van der Waals surface area contributed by atoms with Crippen molar-refractivity contribution in [1.29, 1.82) is 0 Å². The number of carbonyl (C=O) groups is 2. The van der Waals surface area contributed by atoms with Gasteiger partial charge in [-0.2, -0.15) is 0 Å². The first-order valence-electron chi connectivity index (χ1n) is 7.59. The van der Waals surface area contributed by atoms with E-state index in [0.29, 0.717) is 25.7 Å². The van der Waals surface area contributed by atoms with Gasteiger partial charge < -0.3 is 5.32 Å². The summed E-state index contributed by atoms with van der Waals surface area (Å²) in [5.74, 6) is -1.05. The van der Waals surface area contributed by atoms with E-state index in [1.54, 1.807) is 30.3 Å². The average Bonchev–Trinajstić information content (AvgIpc) is 3.08. The van der Waals surface area contributed by atoms with Crippen LogP contribution < -0.4 is 10.6 Å². The van der Waals surface area contributed by atoms with Gasteiger partial charge in [0.05, 0.1) is 16.3 Å². The molecule has 0 atom stereocenters. The summed E-state index contributed by atoms with van der Waals surface area (Å²) in [6.45, 7) is 0. The highest BCUT2D eigenvalue weighted by atomic mass is 35.5. The van der Waals surface area contributed by atoms with Gasteiger partial charge >= 0.3 is 0 Å². The Kier molecular flexibility index (Phi) is 6.38. The topological polar surface area (TPSA) is 84.0 Å². The smallest absolute Gasteiger partial charge is 0.259 e. The van der Waals surface area contributed by atoms with E-state index in [1.807, 2.05) is 0 Å². The molecule has 10 heteroatoms. The number of halogens is 2. The summed E-state index contributed by atoms with van der Waals surface area (Å²) in [7, 11) is 0. The molecule has 0 unspecified atom stereocenters. The molecule has 0 radical (unpaired) electrons. The molecule has 3 rings (SSSR count). The first-order valence-corrected chi connectivity index (χ1v) is 9.77. The van der Waals surface area contributed by atoms with Crippen molar-refractivity contribution in [2.24, 2.45) is 0 Å². The van der Waals surface area contributed by atoms with Gasteiger partial charge in [0.25, 0.3) is 5.91 Å². The van der Waals surface area contributed by atoms with E-state index in [-0.39, 0.29) is 11.7 Å². The molecule has 0 aliphatic rings. The zero-order valence-corrected chi connectivity index (χ0v) is 16.0. The highest BCUT2D eigenvalue weighted by molar-refractivity contribution is 8.01. The Balaban J connectivity index is 1.53. The summed E-state index contributed by atoms with van der Waals surface area (Å²) in [6.07, 6.45) is 0. The van der Waals surface area contributed by atoms with Gasteiger partial charge in [0.15, 0.2) is 4.34 Å². The second kappa shape index (κ2) is 8.94. The molecule has 0 aliphatic heterocycles. The van der Waals surface area contributed by atoms with Crippen molar-refractivity contribution in [3.05, 3.63) is 64.9 Å². The molecule has 1 aromatic heterocycles. The number of hydrogen-bond donors (Lipinski definition) is 2. The third kappa shape index (κ3) is 5.49. The van der Waals surface area contributed by atoms with E-state index in [4.69, 9.17) is 11.6 Å². The Labute approximate surface area is 167 Å². The molecule has 2 amide bonds. The Hall–Kier alpha value is -2.49. The predicted octanol–water partition coefficient (Wildman–Crippen LogP) is 4.31. The monoisotopic (exact) mass is 422 g/mol. The lowest BCUT2D eigenvalue weighted by atomic mass is 10.2. The number of anilines is 2. The van der Waals surface area contributed by atoms with Crippen LogP contribution in [0.15, 0.2) is 52.9 Å². The largest absolute Gasteiger partial charge is 0.325 e. The fraction of sp³-hybridized carbons (Fsp3) is 0.0588. The van der Waals surface area contributed by atoms with Crippen molar-refractivity contribution in [3.63, 3.8) is 0 Å². The first-order chi connectivity index (χ1) is 13.0. The molecule has 0 aliphatic carbocycles. The second-order valence-electron chi connectivity index (χ2n) is 5.15. The summed E-state index contributed by atoms with van der Waals surface area (Å²) >= 11 is 8.28. The van der Waals surface area contributed by atoms with E-state index in [9.17, 15) is 14.0 Å². The van der Waals surface area contributed by atoms with Crippen molar-refractivity contribution in [1.82, 2.24) is 10.2 Å². The maximum Gasteiger partial charge on any atom is 0.259 e. The van der Waals surface area contributed by atoms with Crippen LogP contribution in [0.4, 0.5) is 15.2 Å². The van der Waals surface area contributed by atoms with E-state index in [2.05, 4.69) is 20.8 Å². The van der Waals surface area contributed by atoms with Crippen LogP contribution in [0.3, 0.4) is 0 Å². The van der Waals surface area contributed by atoms with Gasteiger partial charge in [-0.3, -0.25) is 14.9 Å². The normalized spacial score (nSPS) is 10.4. The number of nitrogens with one attached hydrogen (secondary N) is 2. The molecule has 0 saturated carbocycles. The summed E-state index contributed by atoms with van der Waals surface area (Å²) in [6, 6.07) is 12.3. The van der Waals surface area contributed by atoms with Crippen molar-refractivity contribution >= 4 is 57.3 Å². The Morgan fingerprint density at radius 1 is 1.11 bits per heavy atom. The Morgan fingerprint density at radius 3 is 2.70 bits per heavy atom. The maximum atomic E-state index is 13.1. The molecular formula is C17H12ClFN4O2S2. The molecule has 138 valence electrons. The van der Waals surface area contributed by atoms with Gasteiger partial charge in [-0.15, -0.1) is 10.2 Å². The quantitative estimate of drug-likeness (QED) is 0.456. The van der Waals surface area contributed by atoms with Crippen molar-refractivity contribution in [2.75, 3.05) is 16.4 Å². The van der Waals surface area contributed by atoms with Crippen molar-refractivity contribution < 1.29 is 14.0 Å². The van der Waals surface area contributed by atoms with E-state index in [1.165, 1.54) is 18.2 Å². The first kappa shape index (κ1) is 19.3. The van der Waals surface area contributed by atoms with Crippen LogP contribution in [0, 0.1) is 5.82 Å². The number of aromatic nitrogens is 2. The van der Waals surface area contributed by atoms with E-state index < -0.39 is 11.7 Å². The highest BCUT2D eigenvalue weighted by Crippen LogP contribution is 2.26. The minimum atomic E-state index is -0.427. The van der Waals surface area contributed by atoms with Crippen LogP contribution in [0.1, 0.15) is 10.4 Å². The predicted molar refractivity (Wildman–Crippen MR) is 105 cm³/mol. The lowest BCUT2D eigenvalue weighted by molar-refractivity contribution is -0.113. The third-order valence-electron chi connectivity index (χ3n) is 3.18. The van der Waals surface area contributed by atoms with Crippen molar-refractivity contribution in [2.45, 2.75) is 4.34 Å². The van der Waals surface area contributed by atoms with Crippen LogP contribution in [0.5, 0.6) is 0 Å². The molecule has 0 saturated heterocycles. The molecule has 0 fully saturated rings. The maximum absolute atomic E-state index is 13.1. The summed E-state index contributed by atoms with van der Waals surface area (Å²) < 4.78 is 13.6. The van der Waals surface area contributed by atoms with E-state index >= 15 is 0 Å². The van der Waals surface area contributed by atoms with Gasteiger partial charge in [0.1, 0.15) is 5.82 Å². The van der Waals surface area contributed by atoms with Gasteiger partial charge in [-0.25, -0.2) is 4.39 Å². The number of hydrogen-bond acceptors (Lipinski definition) is 6. The number of thioether (sulfide) groups is 1. The summed E-state index contributed by atoms with van der Waals surface area (Å²) in [4.78, 5) is 24.1. The van der Waals surface area contributed by atoms with Crippen LogP contribution in [0.25, 0.3) is 0 Å². The number of rotatable bonds is 6. The lowest BCUT2D eigenvalue weighted by Gasteiger charge is -2.03. The molecule has 6 nitrogen and oxygen atoms in total. The Bertz CT molecular complexity index is 983. The van der Waals surface area contributed by atoms with Crippen LogP contribution in [-0.2, 0) is 4.79 Å². The number of amides is 2. The Morgan fingerprint density at radius 2 is 1.93 bits per heavy atom. The molecule has 27 heavy (non-hydrogen) atoms. The van der Waals surface area contributed by atoms with Gasteiger partial charge in [0.2, 0.25) is 11.0 Å². The van der Waals surface area contributed by atoms with Crippen LogP contribution in [0.2, 0.25) is 5.02 Å². The number of carbonyl (C=O) groups excluding carboxylic acids is 2. The minimum Gasteiger partial charge on any atom is -0.325 e. The van der Waals surface area contributed by atoms with Crippen molar-refractivity contribution in [3.8, 4) is 0 Å². The second-order valence-corrected chi connectivity index (χ2v) is 7.76. The standard InChI is InChI=1S/C17H12ClFN4O2S2/c18-13-7-2-1-6-12(13)15(25)21-16-22-23-17(27-16)26-9-14(24)20-11-5-3-4-10(19)8-11/h1-8H,9H2,(H,20,24)(H,21,22,25). The SMILES string of the molecule is O=C(CSc1nnc(NC(=O)c2ccccc2Cl)s1)Nc1cccc(F)c1. The molecule has 2 N–H and O–H groups in total. The lowest BCUT2D eigenvalue weighted by Crippen LogP contribution is -2.13. The molecule has 0 bridgehead atoms. The summed E-state index contributed by atoms with van der Waals surface area (Å²) in [5, 5.41) is 13.6. The number of nitrogens with zero attached hydrogens (tertiary/aromatic N) is 2. The minimum absolute atomic E-state index is 0.0730. The van der Waals surface area contributed by atoms with Gasteiger partial charge in [-0.1, -0.05) is 52.9 Å². The zero-order valence-electron chi connectivity index (χ0n) is 13.6. The average molecular weight is 423 g/mol. The fourth-order valence-corrected chi connectivity index (χ4v) is 3.79. The van der Waals surface area contributed by atoms with Crippen LogP contribution in [-0.4, -0.2) is 27.8 Å². The number of benzene rings is 2. The van der Waals surface area contributed by atoms with Gasteiger partial charge in [0, 0.05) is 5.69 Å². The molecule has 3 aromatic rings. The highest BCUT2D eigenvalue weighted by Gasteiger charge is 2.14. The third-order valence-corrected chi connectivity index (χ3v) is 5.48. The molecular weight excluding hydrogens is 411 g/mol. The van der Waals surface area contributed by atoms with Crippen LogP contribution >= 0.6 is 34.7 Å². The molecule has 1 heterocycles. The van der Waals surface area contributed by atoms with Gasteiger partial charge in [-0.05, 0) is 30.3 Å². The zero-order chi connectivity index (χ0) is 19.2. The summed E-state index contributed by atoms with van der Waals surface area (Å²) in [5.41, 5.74) is 0.712. The molecule has 2 aromatic carbocycles.